The molecule has 0 bridgehead atoms. The van der Waals surface area contributed by atoms with Crippen LogP contribution in [0.1, 0.15) is 10.4 Å². The Labute approximate surface area is 128 Å². The average molecular weight is 387 g/mol. The summed E-state index contributed by atoms with van der Waals surface area (Å²) in [5.74, 6) is -0.510. The molecular formula is C14H11FINOS. The van der Waals surface area contributed by atoms with Gasteiger partial charge in [-0.25, -0.2) is 4.39 Å². The number of hydrogen-bond donors (Lipinski definition) is 1. The predicted octanol–water partition coefficient (Wildman–Crippen LogP) is 4.40. The van der Waals surface area contributed by atoms with Gasteiger partial charge in [0.25, 0.3) is 5.91 Å². The molecule has 0 spiro atoms. The third kappa shape index (κ3) is 3.70. The Morgan fingerprint density at radius 1 is 1.21 bits per heavy atom. The highest BCUT2D eigenvalue weighted by Crippen LogP contribution is 2.20. The molecule has 19 heavy (non-hydrogen) atoms. The maximum Gasteiger partial charge on any atom is 0.255 e. The van der Waals surface area contributed by atoms with Crippen LogP contribution in [0.25, 0.3) is 0 Å². The second kappa shape index (κ2) is 6.38. The highest BCUT2D eigenvalue weighted by Gasteiger charge is 2.08. The first-order valence-corrected chi connectivity index (χ1v) is 7.81. The van der Waals surface area contributed by atoms with E-state index in [1.165, 1.54) is 12.1 Å². The summed E-state index contributed by atoms with van der Waals surface area (Å²) in [5, 5.41) is 2.77. The molecule has 0 aliphatic heterocycles. The van der Waals surface area contributed by atoms with E-state index in [0.29, 0.717) is 14.8 Å². The monoisotopic (exact) mass is 387 g/mol. The Morgan fingerprint density at radius 2 is 1.89 bits per heavy atom. The molecule has 1 N–H and O–H groups in total. The van der Waals surface area contributed by atoms with Crippen LogP contribution in [-0.2, 0) is 0 Å². The van der Waals surface area contributed by atoms with Crippen LogP contribution in [0.3, 0.4) is 0 Å². The molecule has 0 radical (unpaired) electrons. The number of carbonyl (C=O) groups excluding carboxylic acids is 1. The normalized spacial score (nSPS) is 10.3. The standard InChI is InChI=1S/C14H11FINOS/c1-19-11-5-2-9(3-6-11)14(18)17-13-7-4-10(15)8-12(13)16/h2-8H,1H3,(H,17,18). The number of carbonyl (C=O) groups is 1. The summed E-state index contributed by atoms with van der Waals surface area (Å²) in [6, 6.07) is 11.6. The zero-order valence-corrected chi connectivity index (χ0v) is 13.1. The van der Waals surface area contributed by atoms with Gasteiger partial charge < -0.3 is 5.32 Å². The Hall–Kier alpha value is -1.08. The van der Waals surface area contributed by atoms with Crippen molar-refractivity contribution in [3.63, 3.8) is 0 Å². The maximum absolute atomic E-state index is 13.0. The summed E-state index contributed by atoms with van der Waals surface area (Å²) in [5.41, 5.74) is 1.19. The highest BCUT2D eigenvalue weighted by atomic mass is 127. The van der Waals surface area contributed by atoms with Gasteiger partial charge in [0, 0.05) is 14.0 Å². The Kier molecular flexibility index (Phi) is 4.81. The van der Waals surface area contributed by atoms with Gasteiger partial charge in [-0.1, -0.05) is 0 Å². The topological polar surface area (TPSA) is 29.1 Å². The molecule has 2 nitrogen and oxygen atoms in total. The largest absolute Gasteiger partial charge is 0.321 e. The van der Waals surface area contributed by atoms with Crippen molar-refractivity contribution in [2.24, 2.45) is 0 Å². The van der Waals surface area contributed by atoms with Gasteiger partial charge >= 0.3 is 0 Å². The number of benzene rings is 2. The smallest absolute Gasteiger partial charge is 0.255 e. The summed E-state index contributed by atoms with van der Waals surface area (Å²) in [7, 11) is 0. The van der Waals surface area contributed by atoms with Gasteiger partial charge in [0.1, 0.15) is 5.82 Å². The van der Waals surface area contributed by atoms with E-state index in [1.54, 1.807) is 30.0 Å². The zero-order chi connectivity index (χ0) is 13.8. The number of hydrogen-bond acceptors (Lipinski definition) is 2. The van der Waals surface area contributed by atoms with Gasteiger partial charge in [0.15, 0.2) is 0 Å². The SMILES string of the molecule is CSc1ccc(C(=O)Nc2ccc(F)cc2I)cc1. The van der Waals surface area contributed by atoms with Crippen LogP contribution in [0.2, 0.25) is 0 Å². The van der Waals surface area contributed by atoms with Crippen molar-refractivity contribution >= 4 is 45.9 Å². The lowest BCUT2D eigenvalue weighted by Gasteiger charge is -2.08. The van der Waals surface area contributed by atoms with Crippen molar-refractivity contribution in [3.05, 3.63) is 57.4 Å². The number of amides is 1. The molecule has 0 unspecified atom stereocenters. The van der Waals surface area contributed by atoms with Crippen molar-refractivity contribution in [2.75, 3.05) is 11.6 Å². The van der Waals surface area contributed by atoms with Crippen LogP contribution in [0.4, 0.5) is 10.1 Å². The van der Waals surface area contributed by atoms with Crippen LogP contribution >= 0.6 is 34.4 Å². The minimum absolute atomic E-state index is 0.197. The summed E-state index contributed by atoms with van der Waals surface area (Å²) >= 11 is 3.61. The Morgan fingerprint density at radius 3 is 2.47 bits per heavy atom. The van der Waals surface area contributed by atoms with Crippen LogP contribution in [-0.4, -0.2) is 12.2 Å². The molecule has 0 saturated heterocycles. The van der Waals surface area contributed by atoms with E-state index in [0.717, 1.165) is 4.90 Å². The number of nitrogens with one attached hydrogen (secondary N) is 1. The molecule has 0 aromatic heterocycles. The van der Waals surface area contributed by atoms with Crippen LogP contribution in [0.5, 0.6) is 0 Å². The van der Waals surface area contributed by atoms with Gasteiger partial charge in [-0.3, -0.25) is 4.79 Å². The van der Waals surface area contributed by atoms with E-state index < -0.39 is 0 Å². The third-order valence-electron chi connectivity index (χ3n) is 2.53. The fourth-order valence-electron chi connectivity index (χ4n) is 1.53. The summed E-state index contributed by atoms with van der Waals surface area (Å²) in [6.07, 6.45) is 1.98. The number of anilines is 1. The van der Waals surface area contributed by atoms with Crippen LogP contribution in [0.15, 0.2) is 47.4 Å². The molecule has 2 aromatic carbocycles. The van der Waals surface area contributed by atoms with E-state index in [-0.39, 0.29) is 11.7 Å². The molecule has 1 amide bonds. The minimum Gasteiger partial charge on any atom is -0.321 e. The molecule has 2 aromatic rings. The second-order valence-corrected chi connectivity index (χ2v) is 5.85. The van der Waals surface area contributed by atoms with Crippen molar-refractivity contribution in [3.8, 4) is 0 Å². The highest BCUT2D eigenvalue weighted by molar-refractivity contribution is 14.1. The van der Waals surface area contributed by atoms with Crippen molar-refractivity contribution < 1.29 is 9.18 Å². The quantitative estimate of drug-likeness (QED) is 0.625. The first kappa shape index (κ1) is 14.3. The molecule has 0 aliphatic carbocycles. The number of rotatable bonds is 3. The van der Waals surface area contributed by atoms with E-state index in [1.807, 2.05) is 41.0 Å². The van der Waals surface area contributed by atoms with E-state index in [2.05, 4.69) is 5.32 Å². The van der Waals surface area contributed by atoms with Gasteiger partial charge in [0.2, 0.25) is 0 Å². The van der Waals surface area contributed by atoms with Gasteiger partial charge in [0.05, 0.1) is 5.69 Å². The van der Waals surface area contributed by atoms with E-state index in [4.69, 9.17) is 0 Å². The molecule has 0 saturated carbocycles. The Bertz CT molecular complexity index is 601. The van der Waals surface area contributed by atoms with E-state index in [9.17, 15) is 9.18 Å². The van der Waals surface area contributed by atoms with Gasteiger partial charge in [-0.2, -0.15) is 0 Å². The fraction of sp³-hybridized carbons (Fsp3) is 0.0714. The summed E-state index contributed by atoms with van der Waals surface area (Å²) in [4.78, 5) is 13.1. The van der Waals surface area contributed by atoms with Crippen molar-refractivity contribution in [1.82, 2.24) is 0 Å². The van der Waals surface area contributed by atoms with Crippen molar-refractivity contribution in [1.29, 1.82) is 0 Å². The minimum atomic E-state index is -0.313. The lowest BCUT2D eigenvalue weighted by molar-refractivity contribution is 0.102. The predicted molar refractivity (Wildman–Crippen MR) is 85.3 cm³/mol. The first-order valence-electron chi connectivity index (χ1n) is 5.50. The fourth-order valence-corrected chi connectivity index (χ4v) is 2.55. The average Bonchev–Trinajstić information content (AvgIpc) is 2.42. The van der Waals surface area contributed by atoms with Crippen LogP contribution < -0.4 is 5.32 Å². The first-order chi connectivity index (χ1) is 9.10. The third-order valence-corrected chi connectivity index (χ3v) is 4.17. The molecule has 98 valence electrons. The lowest BCUT2D eigenvalue weighted by Crippen LogP contribution is -2.12. The zero-order valence-electron chi connectivity index (χ0n) is 10.1. The molecule has 0 heterocycles. The Balaban J connectivity index is 2.15. The van der Waals surface area contributed by atoms with E-state index >= 15 is 0 Å². The summed E-state index contributed by atoms with van der Waals surface area (Å²) < 4.78 is 13.6. The van der Waals surface area contributed by atoms with Gasteiger partial charge in [-0.05, 0) is 71.3 Å². The van der Waals surface area contributed by atoms with Crippen LogP contribution in [0, 0.1) is 9.39 Å². The molecule has 0 aliphatic rings. The number of halogens is 2. The molecule has 5 heteroatoms. The lowest BCUT2D eigenvalue weighted by atomic mass is 10.2. The van der Waals surface area contributed by atoms with Gasteiger partial charge in [-0.15, -0.1) is 11.8 Å². The maximum atomic E-state index is 13.0. The molecule has 0 atom stereocenters. The second-order valence-electron chi connectivity index (χ2n) is 3.81. The van der Waals surface area contributed by atoms with Crippen molar-refractivity contribution in [2.45, 2.75) is 4.90 Å². The molecular weight excluding hydrogens is 376 g/mol. The summed E-state index contributed by atoms with van der Waals surface area (Å²) in [6.45, 7) is 0. The number of thioether (sulfide) groups is 1. The molecule has 2 rings (SSSR count). The molecule has 0 fully saturated rings.